The van der Waals surface area contributed by atoms with Gasteiger partial charge in [0, 0.05) is 11.2 Å². The Kier molecular flexibility index (Phi) is 3.89. The molecular formula is C14H13ClN2. The van der Waals surface area contributed by atoms with Gasteiger partial charge in [0.2, 0.25) is 0 Å². The van der Waals surface area contributed by atoms with Crippen LogP contribution in [0.15, 0.2) is 53.7 Å². The summed E-state index contributed by atoms with van der Waals surface area (Å²) in [7, 11) is 0. The van der Waals surface area contributed by atoms with Crippen molar-refractivity contribution in [3.05, 3.63) is 64.9 Å². The van der Waals surface area contributed by atoms with Gasteiger partial charge in [-0.1, -0.05) is 35.9 Å². The molecule has 0 saturated carbocycles. The summed E-state index contributed by atoms with van der Waals surface area (Å²) in [5.74, 6) is 0. The largest absolute Gasteiger partial charge is 0.283 e. The molecule has 0 fully saturated rings. The standard InChI is InChI=1S/C14H13ClN2/c1-11(14-8-4-5-9-16-14)17-10-12-6-2-3-7-13(12)15/h2-9H,10H2,1H3. The van der Waals surface area contributed by atoms with E-state index >= 15 is 0 Å². The summed E-state index contributed by atoms with van der Waals surface area (Å²) in [6.45, 7) is 2.54. The monoisotopic (exact) mass is 244 g/mol. The van der Waals surface area contributed by atoms with Crippen molar-refractivity contribution in [1.29, 1.82) is 0 Å². The average Bonchev–Trinajstić information content (AvgIpc) is 2.38. The minimum Gasteiger partial charge on any atom is -0.283 e. The van der Waals surface area contributed by atoms with Gasteiger partial charge in [-0.05, 0) is 30.7 Å². The second-order valence-corrected chi connectivity index (χ2v) is 4.12. The molecule has 0 aliphatic carbocycles. The lowest BCUT2D eigenvalue weighted by Crippen LogP contribution is -1.98. The van der Waals surface area contributed by atoms with Crippen LogP contribution in [0.2, 0.25) is 5.02 Å². The quantitative estimate of drug-likeness (QED) is 0.755. The molecule has 0 atom stereocenters. The SMILES string of the molecule is CC(=NCc1ccccc1Cl)c1ccccn1. The first kappa shape index (κ1) is 11.8. The molecule has 2 rings (SSSR count). The summed E-state index contributed by atoms with van der Waals surface area (Å²) in [5, 5.41) is 0.755. The smallest absolute Gasteiger partial charge is 0.0837 e. The van der Waals surface area contributed by atoms with E-state index in [1.54, 1.807) is 6.20 Å². The Morgan fingerprint density at radius 3 is 2.65 bits per heavy atom. The molecule has 0 amide bonds. The maximum atomic E-state index is 6.07. The molecule has 0 aliphatic rings. The van der Waals surface area contributed by atoms with Crippen molar-refractivity contribution in [2.75, 3.05) is 0 Å². The Hall–Kier alpha value is -1.67. The highest BCUT2D eigenvalue weighted by molar-refractivity contribution is 6.31. The molecule has 1 heterocycles. The van der Waals surface area contributed by atoms with Crippen LogP contribution in [0.1, 0.15) is 18.2 Å². The van der Waals surface area contributed by atoms with Crippen LogP contribution >= 0.6 is 11.6 Å². The first-order valence-electron chi connectivity index (χ1n) is 5.43. The van der Waals surface area contributed by atoms with Crippen LogP contribution in [0.25, 0.3) is 0 Å². The maximum absolute atomic E-state index is 6.07. The van der Waals surface area contributed by atoms with E-state index in [2.05, 4.69) is 9.98 Å². The zero-order valence-electron chi connectivity index (χ0n) is 9.60. The second-order valence-electron chi connectivity index (χ2n) is 3.71. The van der Waals surface area contributed by atoms with E-state index in [-0.39, 0.29) is 0 Å². The van der Waals surface area contributed by atoms with Gasteiger partial charge < -0.3 is 0 Å². The Labute approximate surface area is 106 Å². The van der Waals surface area contributed by atoms with Crippen LogP contribution < -0.4 is 0 Å². The third-order valence-electron chi connectivity index (χ3n) is 2.48. The first-order valence-corrected chi connectivity index (χ1v) is 5.81. The highest BCUT2D eigenvalue weighted by Crippen LogP contribution is 2.15. The Balaban J connectivity index is 2.14. The normalized spacial score (nSPS) is 11.5. The zero-order valence-corrected chi connectivity index (χ0v) is 10.4. The van der Waals surface area contributed by atoms with E-state index in [0.29, 0.717) is 6.54 Å². The lowest BCUT2D eigenvalue weighted by molar-refractivity contribution is 1.06. The summed E-state index contributed by atoms with van der Waals surface area (Å²) in [4.78, 5) is 8.74. The summed E-state index contributed by atoms with van der Waals surface area (Å²) in [6.07, 6.45) is 1.77. The van der Waals surface area contributed by atoms with E-state index in [1.165, 1.54) is 0 Å². The van der Waals surface area contributed by atoms with Crippen molar-refractivity contribution in [3.63, 3.8) is 0 Å². The Morgan fingerprint density at radius 1 is 1.18 bits per heavy atom. The van der Waals surface area contributed by atoms with E-state index in [4.69, 9.17) is 11.6 Å². The lowest BCUT2D eigenvalue weighted by Gasteiger charge is -2.02. The van der Waals surface area contributed by atoms with E-state index in [9.17, 15) is 0 Å². The zero-order chi connectivity index (χ0) is 12.1. The first-order chi connectivity index (χ1) is 8.27. The molecule has 2 aromatic rings. The van der Waals surface area contributed by atoms with Gasteiger partial charge in [-0.3, -0.25) is 9.98 Å². The molecule has 1 aromatic heterocycles. The average molecular weight is 245 g/mol. The number of rotatable bonds is 3. The Bertz CT molecular complexity index is 521. The van der Waals surface area contributed by atoms with Gasteiger partial charge >= 0.3 is 0 Å². The molecule has 0 unspecified atom stereocenters. The Morgan fingerprint density at radius 2 is 1.94 bits per heavy atom. The predicted molar refractivity (Wildman–Crippen MR) is 71.6 cm³/mol. The molecule has 0 spiro atoms. The summed E-state index contributed by atoms with van der Waals surface area (Å²) in [5.41, 5.74) is 2.86. The maximum Gasteiger partial charge on any atom is 0.0837 e. The molecule has 0 saturated heterocycles. The van der Waals surface area contributed by atoms with Crippen LogP contribution in [0, 0.1) is 0 Å². The van der Waals surface area contributed by atoms with Crippen molar-refractivity contribution in [2.45, 2.75) is 13.5 Å². The molecule has 0 aliphatic heterocycles. The van der Waals surface area contributed by atoms with E-state index in [0.717, 1.165) is 22.0 Å². The molecule has 86 valence electrons. The van der Waals surface area contributed by atoms with Gasteiger partial charge in [0.25, 0.3) is 0 Å². The van der Waals surface area contributed by atoms with E-state index < -0.39 is 0 Å². The number of aromatic nitrogens is 1. The lowest BCUT2D eigenvalue weighted by atomic mass is 10.2. The number of benzene rings is 1. The van der Waals surface area contributed by atoms with E-state index in [1.807, 2.05) is 49.4 Å². The third kappa shape index (κ3) is 3.14. The molecule has 0 N–H and O–H groups in total. The van der Waals surface area contributed by atoms with Crippen molar-refractivity contribution in [3.8, 4) is 0 Å². The van der Waals surface area contributed by atoms with Crippen molar-refractivity contribution < 1.29 is 0 Å². The van der Waals surface area contributed by atoms with Gasteiger partial charge in [0.1, 0.15) is 0 Å². The number of hydrogen-bond donors (Lipinski definition) is 0. The van der Waals surface area contributed by atoms with Crippen LogP contribution in [-0.4, -0.2) is 10.7 Å². The number of aliphatic imine (C=N–C) groups is 1. The number of halogens is 1. The summed E-state index contributed by atoms with van der Waals surface area (Å²) < 4.78 is 0. The van der Waals surface area contributed by atoms with Crippen molar-refractivity contribution >= 4 is 17.3 Å². The van der Waals surface area contributed by atoms with Crippen LogP contribution in [0.3, 0.4) is 0 Å². The predicted octanol–water partition coefficient (Wildman–Crippen LogP) is 3.74. The number of hydrogen-bond acceptors (Lipinski definition) is 2. The molecule has 3 heteroatoms. The molecule has 1 aromatic carbocycles. The van der Waals surface area contributed by atoms with Crippen LogP contribution in [0.4, 0.5) is 0 Å². The molecular weight excluding hydrogens is 232 g/mol. The van der Waals surface area contributed by atoms with Gasteiger partial charge in [0.05, 0.1) is 18.0 Å². The highest BCUT2D eigenvalue weighted by atomic mass is 35.5. The minimum atomic E-state index is 0.585. The summed E-state index contributed by atoms with van der Waals surface area (Å²) >= 11 is 6.07. The molecule has 0 radical (unpaired) electrons. The van der Waals surface area contributed by atoms with Crippen molar-refractivity contribution in [2.24, 2.45) is 4.99 Å². The molecule has 0 bridgehead atoms. The van der Waals surface area contributed by atoms with Gasteiger partial charge in [-0.2, -0.15) is 0 Å². The highest BCUT2D eigenvalue weighted by Gasteiger charge is 1.99. The number of pyridine rings is 1. The second kappa shape index (κ2) is 5.60. The molecule has 2 nitrogen and oxygen atoms in total. The molecule has 17 heavy (non-hydrogen) atoms. The number of nitrogens with zero attached hydrogens (tertiary/aromatic N) is 2. The fourth-order valence-electron chi connectivity index (χ4n) is 1.49. The topological polar surface area (TPSA) is 25.2 Å². The fourth-order valence-corrected chi connectivity index (χ4v) is 1.68. The van der Waals surface area contributed by atoms with Crippen LogP contribution in [0.5, 0.6) is 0 Å². The van der Waals surface area contributed by atoms with Gasteiger partial charge in [0.15, 0.2) is 0 Å². The fraction of sp³-hybridized carbons (Fsp3) is 0.143. The minimum absolute atomic E-state index is 0.585. The van der Waals surface area contributed by atoms with Gasteiger partial charge in [-0.15, -0.1) is 0 Å². The van der Waals surface area contributed by atoms with Crippen LogP contribution in [-0.2, 0) is 6.54 Å². The van der Waals surface area contributed by atoms with Gasteiger partial charge in [-0.25, -0.2) is 0 Å². The summed E-state index contributed by atoms with van der Waals surface area (Å²) in [6, 6.07) is 13.5. The third-order valence-corrected chi connectivity index (χ3v) is 2.85. The van der Waals surface area contributed by atoms with Crippen molar-refractivity contribution in [1.82, 2.24) is 4.98 Å².